The Morgan fingerprint density at radius 2 is 2.21 bits per heavy atom. The first-order valence-corrected chi connectivity index (χ1v) is 6.37. The zero-order valence-corrected chi connectivity index (χ0v) is 11.1. The first kappa shape index (κ1) is 13.4. The van der Waals surface area contributed by atoms with Gasteiger partial charge in [0.05, 0.1) is 6.61 Å². The van der Waals surface area contributed by atoms with Crippen LogP contribution in [-0.2, 0) is 20.7 Å². The fourth-order valence-electron chi connectivity index (χ4n) is 2.00. The lowest BCUT2D eigenvalue weighted by atomic mass is 10.0. The Hall–Kier alpha value is -2.04. The van der Waals surface area contributed by atoms with E-state index in [-0.39, 0.29) is 11.9 Å². The highest BCUT2D eigenvalue weighted by Gasteiger charge is 2.22. The summed E-state index contributed by atoms with van der Waals surface area (Å²) < 4.78 is 10.5. The van der Waals surface area contributed by atoms with E-state index >= 15 is 0 Å². The molecule has 5 heteroatoms. The fraction of sp³-hybridized carbons (Fsp3) is 0.429. The van der Waals surface area contributed by atoms with E-state index in [4.69, 9.17) is 9.47 Å². The van der Waals surface area contributed by atoms with Crippen molar-refractivity contribution in [2.45, 2.75) is 32.8 Å². The molecule has 1 heterocycles. The molecule has 1 amide bonds. The van der Waals surface area contributed by atoms with Gasteiger partial charge in [0.2, 0.25) is 5.91 Å². The molecule has 0 fully saturated rings. The number of benzene rings is 1. The highest BCUT2D eigenvalue weighted by molar-refractivity contribution is 5.94. The van der Waals surface area contributed by atoms with E-state index < -0.39 is 6.10 Å². The van der Waals surface area contributed by atoms with Crippen LogP contribution in [0.1, 0.15) is 25.8 Å². The molecule has 1 unspecified atom stereocenters. The Labute approximate surface area is 111 Å². The Kier molecular flexibility index (Phi) is 4.04. The molecular weight excluding hydrogens is 246 g/mol. The van der Waals surface area contributed by atoms with Crippen LogP contribution in [0.4, 0.5) is 5.69 Å². The average Bonchev–Trinajstić information content (AvgIpc) is 2.38. The van der Waals surface area contributed by atoms with Crippen LogP contribution in [0.15, 0.2) is 18.2 Å². The summed E-state index contributed by atoms with van der Waals surface area (Å²) in [5.41, 5.74) is 1.68. The minimum atomic E-state index is -0.663. The summed E-state index contributed by atoms with van der Waals surface area (Å²) in [6.45, 7) is 3.73. The first-order chi connectivity index (χ1) is 9.11. The molecule has 0 aliphatic carbocycles. The average molecular weight is 263 g/mol. The minimum absolute atomic E-state index is 0.00286. The second-order valence-electron chi connectivity index (χ2n) is 4.34. The van der Waals surface area contributed by atoms with Crippen molar-refractivity contribution in [2.24, 2.45) is 0 Å². The quantitative estimate of drug-likeness (QED) is 0.843. The molecule has 19 heavy (non-hydrogen) atoms. The standard InChI is InChI=1S/C14H17NO4/c1-3-18-14(17)9(2)19-12-6-4-5-11-10(12)7-8-13(16)15-11/h4-6,9H,3,7-8H2,1-2H3,(H,15,16). The Morgan fingerprint density at radius 3 is 2.95 bits per heavy atom. The third-order valence-corrected chi connectivity index (χ3v) is 2.93. The number of fused-ring (bicyclic) bond motifs is 1. The second kappa shape index (κ2) is 5.73. The normalized spacial score (nSPS) is 15.2. The smallest absolute Gasteiger partial charge is 0.347 e. The van der Waals surface area contributed by atoms with Crippen molar-refractivity contribution >= 4 is 17.6 Å². The van der Waals surface area contributed by atoms with E-state index in [2.05, 4.69) is 5.32 Å². The molecule has 0 saturated carbocycles. The fourth-order valence-corrected chi connectivity index (χ4v) is 2.00. The highest BCUT2D eigenvalue weighted by atomic mass is 16.6. The number of esters is 1. The van der Waals surface area contributed by atoms with Gasteiger partial charge in [-0.2, -0.15) is 0 Å². The van der Waals surface area contributed by atoms with E-state index in [1.54, 1.807) is 26.0 Å². The summed E-state index contributed by atoms with van der Waals surface area (Å²) in [5.74, 6) is 0.237. The molecule has 1 N–H and O–H groups in total. The molecule has 1 atom stereocenters. The zero-order chi connectivity index (χ0) is 13.8. The van der Waals surface area contributed by atoms with Crippen molar-refractivity contribution in [1.82, 2.24) is 0 Å². The second-order valence-corrected chi connectivity index (χ2v) is 4.34. The predicted octanol–water partition coefficient (Wildman–Crippen LogP) is 1.90. The van der Waals surface area contributed by atoms with Crippen molar-refractivity contribution < 1.29 is 19.1 Å². The SMILES string of the molecule is CCOC(=O)C(C)Oc1cccc2c1CCC(=O)N2. The molecule has 5 nitrogen and oxygen atoms in total. The van der Waals surface area contributed by atoms with Crippen LogP contribution in [0, 0.1) is 0 Å². The summed E-state index contributed by atoms with van der Waals surface area (Å²) in [4.78, 5) is 22.9. The number of carbonyl (C=O) groups excluding carboxylic acids is 2. The molecule has 0 saturated heterocycles. The maximum absolute atomic E-state index is 11.6. The third-order valence-electron chi connectivity index (χ3n) is 2.93. The van der Waals surface area contributed by atoms with Crippen molar-refractivity contribution in [1.29, 1.82) is 0 Å². The predicted molar refractivity (Wildman–Crippen MR) is 70.1 cm³/mol. The largest absolute Gasteiger partial charge is 0.479 e. The Balaban J connectivity index is 2.15. The van der Waals surface area contributed by atoms with Gasteiger partial charge in [-0.25, -0.2) is 4.79 Å². The van der Waals surface area contributed by atoms with Crippen LogP contribution >= 0.6 is 0 Å². The maximum Gasteiger partial charge on any atom is 0.347 e. The summed E-state index contributed by atoms with van der Waals surface area (Å²) >= 11 is 0. The topological polar surface area (TPSA) is 64.6 Å². The highest BCUT2D eigenvalue weighted by Crippen LogP contribution is 2.31. The van der Waals surface area contributed by atoms with Crippen LogP contribution in [0.5, 0.6) is 5.75 Å². The number of nitrogens with one attached hydrogen (secondary N) is 1. The van der Waals surface area contributed by atoms with Crippen LogP contribution in [0.2, 0.25) is 0 Å². The molecule has 1 aromatic carbocycles. The van der Waals surface area contributed by atoms with Gasteiger partial charge in [0.25, 0.3) is 0 Å². The Bertz CT molecular complexity index is 498. The molecule has 102 valence electrons. The van der Waals surface area contributed by atoms with Gasteiger partial charge in [-0.3, -0.25) is 4.79 Å². The van der Waals surface area contributed by atoms with E-state index in [0.717, 1.165) is 11.3 Å². The zero-order valence-electron chi connectivity index (χ0n) is 11.1. The molecule has 1 aromatic rings. The number of rotatable bonds is 4. The van der Waals surface area contributed by atoms with Gasteiger partial charge in [-0.05, 0) is 32.4 Å². The summed E-state index contributed by atoms with van der Waals surface area (Å²) in [6, 6.07) is 5.41. The lowest BCUT2D eigenvalue weighted by Crippen LogP contribution is -2.27. The van der Waals surface area contributed by atoms with Crippen molar-refractivity contribution in [3.05, 3.63) is 23.8 Å². The maximum atomic E-state index is 11.6. The van der Waals surface area contributed by atoms with Gasteiger partial charge in [-0.1, -0.05) is 6.07 Å². The monoisotopic (exact) mass is 263 g/mol. The van der Waals surface area contributed by atoms with E-state index in [9.17, 15) is 9.59 Å². The van der Waals surface area contributed by atoms with Crippen LogP contribution in [0.25, 0.3) is 0 Å². The molecule has 0 spiro atoms. The van der Waals surface area contributed by atoms with Gasteiger partial charge in [0.1, 0.15) is 5.75 Å². The van der Waals surface area contributed by atoms with Crippen molar-refractivity contribution in [2.75, 3.05) is 11.9 Å². The molecule has 0 aromatic heterocycles. The van der Waals surface area contributed by atoms with Gasteiger partial charge in [0, 0.05) is 17.7 Å². The number of hydrogen-bond donors (Lipinski definition) is 1. The number of hydrogen-bond acceptors (Lipinski definition) is 4. The van der Waals surface area contributed by atoms with Gasteiger partial charge >= 0.3 is 5.97 Å². The van der Waals surface area contributed by atoms with Gasteiger partial charge in [-0.15, -0.1) is 0 Å². The number of ether oxygens (including phenoxy) is 2. The molecule has 0 bridgehead atoms. The molecular formula is C14H17NO4. The minimum Gasteiger partial charge on any atom is -0.479 e. The van der Waals surface area contributed by atoms with Crippen LogP contribution in [0.3, 0.4) is 0 Å². The van der Waals surface area contributed by atoms with E-state index in [1.165, 1.54) is 0 Å². The molecule has 1 aliphatic rings. The van der Waals surface area contributed by atoms with Gasteiger partial charge in [0.15, 0.2) is 6.10 Å². The van der Waals surface area contributed by atoms with Crippen LogP contribution < -0.4 is 10.1 Å². The third kappa shape index (κ3) is 3.05. The summed E-state index contributed by atoms with van der Waals surface area (Å²) in [5, 5.41) is 2.79. The van der Waals surface area contributed by atoms with Crippen LogP contribution in [-0.4, -0.2) is 24.6 Å². The van der Waals surface area contributed by atoms with E-state index in [1.807, 2.05) is 6.07 Å². The molecule has 2 rings (SSSR count). The first-order valence-electron chi connectivity index (χ1n) is 6.37. The Morgan fingerprint density at radius 1 is 1.42 bits per heavy atom. The number of amides is 1. The number of anilines is 1. The van der Waals surface area contributed by atoms with E-state index in [0.29, 0.717) is 25.2 Å². The molecule has 0 radical (unpaired) electrons. The summed E-state index contributed by atoms with van der Waals surface area (Å²) in [7, 11) is 0. The lowest BCUT2D eigenvalue weighted by molar-refractivity contribution is -0.150. The molecule has 1 aliphatic heterocycles. The van der Waals surface area contributed by atoms with Gasteiger partial charge < -0.3 is 14.8 Å². The summed E-state index contributed by atoms with van der Waals surface area (Å²) in [6.07, 6.45) is 0.387. The van der Waals surface area contributed by atoms with Crippen molar-refractivity contribution in [3.8, 4) is 5.75 Å². The number of carbonyl (C=O) groups is 2. The van der Waals surface area contributed by atoms with Crippen molar-refractivity contribution in [3.63, 3.8) is 0 Å². The lowest BCUT2D eigenvalue weighted by Gasteiger charge is -2.21.